The average molecular weight is 287 g/mol. The molecule has 0 amide bonds. The van der Waals surface area contributed by atoms with E-state index in [4.69, 9.17) is 4.74 Å². The van der Waals surface area contributed by atoms with Crippen molar-refractivity contribution < 1.29 is 4.74 Å². The Morgan fingerprint density at radius 3 is 2.57 bits per heavy atom. The van der Waals surface area contributed by atoms with Crippen LogP contribution in [0, 0.1) is 6.92 Å². The molecule has 0 unspecified atom stereocenters. The molecule has 0 aliphatic rings. The summed E-state index contributed by atoms with van der Waals surface area (Å²) in [6, 6.07) is 8.49. The van der Waals surface area contributed by atoms with E-state index >= 15 is 0 Å². The van der Waals surface area contributed by atoms with E-state index in [0.717, 1.165) is 25.4 Å². The maximum Gasteiger partial charge on any atom is 0.0649 e. The molecule has 0 aliphatic heterocycles. The van der Waals surface area contributed by atoms with Crippen LogP contribution in [-0.4, -0.2) is 30.0 Å². The number of aryl methyl sites for hydroxylation is 1. The van der Waals surface area contributed by atoms with E-state index in [1.165, 1.54) is 16.8 Å². The molecule has 2 aromatic rings. The zero-order chi connectivity index (χ0) is 15.2. The molecule has 0 saturated heterocycles. The molecule has 1 aromatic carbocycles. The van der Waals surface area contributed by atoms with Gasteiger partial charge in [0.25, 0.3) is 0 Å². The van der Waals surface area contributed by atoms with Gasteiger partial charge in [-0.15, -0.1) is 0 Å². The molecule has 0 spiro atoms. The van der Waals surface area contributed by atoms with E-state index in [9.17, 15) is 0 Å². The maximum absolute atomic E-state index is 5.06. The van der Waals surface area contributed by atoms with Crippen molar-refractivity contribution in [3.8, 4) is 5.69 Å². The van der Waals surface area contributed by atoms with Crippen molar-refractivity contribution in [2.45, 2.75) is 33.2 Å². The summed E-state index contributed by atoms with van der Waals surface area (Å²) in [5.74, 6) is 0.424. The molecule has 0 bridgehead atoms. The molecule has 114 valence electrons. The van der Waals surface area contributed by atoms with Crippen molar-refractivity contribution in [2.75, 3.05) is 20.3 Å². The summed E-state index contributed by atoms with van der Waals surface area (Å²) in [5, 5.41) is 7.98. The lowest BCUT2D eigenvalue weighted by atomic mass is 10.1. The molecule has 0 radical (unpaired) electrons. The van der Waals surface area contributed by atoms with Gasteiger partial charge in [-0.05, 0) is 25.0 Å². The number of ether oxygens (including phenoxy) is 1. The van der Waals surface area contributed by atoms with Gasteiger partial charge in [-0.1, -0.05) is 31.5 Å². The van der Waals surface area contributed by atoms with Crippen LogP contribution in [0.2, 0.25) is 0 Å². The highest BCUT2D eigenvalue weighted by atomic mass is 16.5. The first-order valence-electron chi connectivity index (χ1n) is 7.47. The second-order valence-electron chi connectivity index (χ2n) is 5.63. The van der Waals surface area contributed by atoms with Gasteiger partial charge in [0.15, 0.2) is 0 Å². The summed E-state index contributed by atoms with van der Waals surface area (Å²) in [7, 11) is 1.72. The molecule has 0 aliphatic carbocycles. The smallest absolute Gasteiger partial charge is 0.0649 e. The third kappa shape index (κ3) is 3.93. The fourth-order valence-electron chi connectivity index (χ4n) is 2.43. The standard InChI is InChI=1S/C17H25N3O/c1-13(2)17-15(11-18-9-10-21-4)12-19-20(17)16-7-5-14(3)6-8-16/h5-8,12-13,18H,9-11H2,1-4H3. The van der Waals surface area contributed by atoms with Gasteiger partial charge in [-0.3, -0.25) is 0 Å². The van der Waals surface area contributed by atoms with Crippen LogP contribution >= 0.6 is 0 Å². The fourth-order valence-corrected chi connectivity index (χ4v) is 2.43. The van der Waals surface area contributed by atoms with E-state index < -0.39 is 0 Å². The van der Waals surface area contributed by atoms with Gasteiger partial charge in [-0.2, -0.15) is 5.10 Å². The third-order valence-electron chi connectivity index (χ3n) is 3.51. The van der Waals surface area contributed by atoms with Crippen molar-refractivity contribution in [1.82, 2.24) is 15.1 Å². The Balaban J connectivity index is 2.22. The summed E-state index contributed by atoms with van der Waals surface area (Å²) in [6.07, 6.45) is 1.97. The Kier molecular flexibility index (Phi) is 5.53. The first-order chi connectivity index (χ1) is 10.1. The summed E-state index contributed by atoms with van der Waals surface area (Å²) < 4.78 is 7.11. The van der Waals surface area contributed by atoms with Crippen LogP contribution in [0.1, 0.15) is 36.6 Å². The van der Waals surface area contributed by atoms with E-state index in [1.54, 1.807) is 7.11 Å². The highest BCUT2D eigenvalue weighted by Crippen LogP contribution is 2.23. The predicted octanol–water partition coefficient (Wildman–Crippen LogP) is 3.04. The number of nitrogens with one attached hydrogen (secondary N) is 1. The lowest BCUT2D eigenvalue weighted by Crippen LogP contribution is -2.19. The number of aromatic nitrogens is 2. The Labute approximate surface area is 127 Å². The van der Waals surface area contributed by atoms with Crippen molar-refractivity contribution in [2.24, 2.45) is 0 Å². The minimum absolute atomic E-state index is 0.424. The molecule has 4 nitrogen and oxygen atoms in total. The molecule has 1 aromatic heterocycles. The van der Waals surface area contributed by atoms with Crippen LogP contribution in [0.15, 0.2) is 30.5 Å². The van der Waals surface area contributed by atoms with Crippen molar-refractivity contribution >= 4 is 0 Å². The minimum atomic E-state index is 0.424. The predicted molar refractivity (Wildman–Crippen MR) is 86.0 cm³/mol. The van der Waals surface area contributed by atoms with E-state index in [0.29, 0.717) is 5.92 Å². The Hall–Kier alpha value is -1.65. The van der Waals surface area contributed by atoms with Crippen LogP contribution in [0.3, 0.4) is 0 Å². The van der Waals surface area contributed by atoms with E-state index in [1.807, 2.05) is 6.20 Å². The monoisotopic (exact) mass is 287 g/mol. The van der Waals surface area contributed by atoms with Gasteiger partial charge >= 0.3 is 0 Å². The van der Waals surface area contributed by atoms with Gasteiger partial charge in [0.2, 0.25) is 0 Å². The molecule has 0 atom stereocenters. The molecule has 1 N–H and O–H groups in total. The quantitative estimate of drug-likeness (QED) is 0.796. The van der Waals surface area contributed by atoms with Crippen molar-refractivity contribution in [3.05, 3.63) is 47.3 Å². The van der Waals surface area contributed by atoms with Crippen LogP contribution in [0.5, 0.6) is 0 Å². The normalized spacial score (nSPS) is 11.3. The summed E-state index contributed by atoms with van der Waals surface area (Å²) in [4.78, 5) is 0. The van der Waals surface area contributed by atoms with Gasteiger partial charge in [-0.25, -0.2) is 4.68 Å². The Morgan fingerprint density at radius 1 is 1.24 bits per heavy atom. The lowest BCUT2D eigenvalue weighted by Gasteiger charge is -2.13. The first kappa shape index (κ1) is 15.7. The van der Waals surface area contributed by atoms with Gasteiger partial charge in [0.05, 0.1) is 24.2 Å². The topological polar surface area (TPSA) is 39.1 Å². The minimum Gasteiger partial charge on any atom is -0.383 e. The number of rotatable bonds is 7. The van der Waals surface area contributed by atoms with Gasteiger partial charge < -0.3 is 10.1 Å². The molecular weight excluding hydrogens is 262 g/mol. The molecule has 0 saturated carbocycles. The summed E-state index contributed by atoms with van der Waals surface area (Å²) >= 11 is 0. The average Bonchev–Trinajstić information content (AvgIpc) is 2.88. The summed E-state index contributed by atoms with van der Waals surface area (Å²) in [5.41, 5.74) is 4.90. The van der Waals surface area contributed by atoms with Crippen LogP contribution in [0.25, 0.3) is 5.69 Å². The van der Waals surface area contributed by atoms with Crippen LogP contribution < -0.4 is 5.32 Å². The molecule has 1 heterocycles. The summed E-state index contributed by atoms with van der Waals surface area (Å²) in [6.45, 7) is 8.91. The highest BCUT2D eigenvalue weighted by Gasteiger charge is 2.15. The lowest BCUT2D eigenvalue weighted by molar-refractivity contribution is 0.199. The number of benzene rings is 1. The zero-order valence-electron chi connectivity index (χ0n) is 13.4. The Bertz CT molecular complexity index is 558. The number of hydrogen-bond acceptors (Lipinski definition) is 3. The van der Waals surface area contributed by atoms with Crippen LogP contribution in [0.4, 0.5) is 0 Å². The number of methoxy groups -OCH3 is 1. The van der Waals surface area contributed by atoms with Crippen molar-refractivity contribution in [3.63, 3.8) is 0 Å². The van der Waals surface area contributed by atoms with E-state index in [2.05, 4.69) is 60.1 Å². The van der Waals surface area contributed by atoms with Crippen molar-refractivity contribution in [1.29, 1.82) is 0 Å². The van der Waals surface area contributed by atoms with Gasteiger partial charge in [0.1, 0.15) is 0 Å². The largest absolute Gasteiger partial charge is 0.383 e. The third-order valence-corrected chi connectivity index (χ3v) is 3.51. The molecule has 21 heavy (non-hydrogen) atoms. The molecule has 0 fully saturated rings. The molecule has 4 heteroatoms. The first-order valence-corrected chi connectivity index (χ1v) is 7.47. The second-order valence-corrected chi connectivity index (χ2v) is 5.63. The fraction of sp³-hybridized carbons (Fsp3) is 0.471. The van der Waals surface area contributed by atoms with Crippen LogP contribution in [-0.2, 0) is 11.3 Å². The second kappa shape index (κ2) is 7.38. The Morgan fingerprint density at radius 2 is 1.95 bits per heavy atom. The number of nitrogens with zero attached hydrogens (tertiary/aromatic N) is 2. The molecular formula is C17H25N3O. The number of hydrogen-bond donors (Lipinski definition) is 1. The van der Waals surface area contributed by atoms with Gasteiger partial charge in [0, 0.05) is 25.8 Å². The highest BCUT2D eigenvalue weighted by molar-refractivity contribution is 5.38. The zero-order valence-corrected chi connectivity index (χ0v) is 13.4. The maximum atomic E-state index is 5.06. The molecule has 2 rings (SSSR count). The SMILES string of the molecule is COCCNCc1cnn(-c2ccc(C)cc2)c1C(C)C. The van der Waals surface area contributed by atoms with E-state index in [-0.39, 0.29) is 0 Å².